The Labute approximate surface area is 223 Å². The van der Waals surface area contributed by atoms with Gasteiger partial charge in [-0.3, -0.25) is 9.59 Å². The molecule has 38 heavy (non-hydrogen) atoms. The Kier molecular flexibility index (Phi) is 6.77. The highest BCUT2D eigenvalue weighted by Crippen LogP contribution is 2.44. The average molecular weight is 562 g/mol. The number of halogens is 5. The SMILES string of the molecule is O=C(NC1c2ccc(Cl)cc2Oc2cc(Cl)ccc21)c1cnc(COc2cccc(C(F)(F)F)c2)[nH]c1=O. The normalized spacial score (nSPS) is 12.8. The van der Waals surface area contributed by atoms with Crippen molar-refractivity contribution in [1.82, 2.24) is 15.3 Å². The molecule has 1 amide bonds. The number of nitrogens with zero attached hydrogens (tertiary/aromatic N) is 1. The molecule has 1 aromatic heterocycles. The predicted octanol–water partition coefficient (Wildman–Crippen LogP) is 6.30. The van der Waals surface area contributed by atoms with Crippen molar-refractivity contribution < 1.29 is 27.4 Å². The van der Waals surface area contributed by atoms with Gasteiger partial charge in [0, 0.05) is 27.4 Å². The molecule has 0 saturated carbocycles. The minimum absolute atomic E-state index is 0.0232. The van der Waals surface area contributed by atoms with Gasteiger partial charge in [-0.25, -0.2) is 4.98 Å². The smallest absolute Gasteiger partial charge is 0.416 e. The zero-order valence-corrected chi connectivity index (χ0v) is 20.6. The number of rotatable bonds is 5. The second kappa shape index (κ2) is 10.0. The van der Waals surface area contributed by atoms with Crippen LogP contribution in [-0.2, 0) is 12.8 Å². The maximum atomic E-state index is 13.1. The highest BCUT2D eigenvalue weighted by molar-refractivity contribution is 6.31. The van der Waals surface area contributed by atoms with Crippen molar-refractivity contribution in [3.05, 3.63) is 115 Å². The fraction of sp³-hybridized carbons (Fsp3) is 0.115. The van der Waals surface area contributed by atoms with Crippen LogP contribution in [0.1, 0.15) is 38.9 Å². The second-order valence-corrected chi connectivity index (χ2v) is 9.13. The van der Waals surface area contributed by atoms with E-state index in [1.165, 1.54) is 12.1 Å². The maximum Gasteiger partial charge on any atom is 0.416 e. The van der Waals surface area contributed by atoms with E-state index in [9.17, 15) is 22.8 Å². The first-order valence-corrected chi connectivity index (χ1v) is 11.8. The number of H-pyrrole nitrogens is 1. The monoisotopic (exact) mass is 561 g/mol. The van der Waals surface area contributed by atoms with Crippen molar-refractivity contribution in [1.29, 1.82) is 0 Å². The lowest BCUT2D eigenvalue weighted by atomic mass is 9.94. The molecule has 0 saturated heterocycles. The average Bonchev–Trinajstić information content (AvgIpc) is 2.86. The summed E-state index contributed by atoms with van der Waals surface area (Å²) in [7, 11) is 0. The molecule has 0 radical (unpaired) electrons. The lowest BCUT2D eigenvalue weighted by Gasteiger charge is -2.29. The standard InChI is InChI=1S/C26H16Cl2F3N3O4/c27-14-4-6-17-20(9-14)38-21-10-15(28)5-7-18(21)23(17)34-25(36)19-11-32-22(33-24(19)35)12-37-16-3-1-2-13(8-16)26(29,30)31/h1-11,23H,12H2,(H,34,36)(H,32,33,35). The van der Waals surface area contributed by atoms with Crippen molar-refractivity contribution >= 4 is 29.1 Å². The summed E-state index contributed by atoms with van der Waals surface area (Å²) in [5.41, 5.74) is -0.657. The van der Waals surface area contributed by atoms with E-state index in [-0.39, 0.29) is 23.7 Å². The number of hydrogen-bond acceptors (Lipinski definition) is 5. The zero-order chi connectivity index (χ0) is 27.0. The minimum Gasteiger partial charge on any atom is -0.486 e. The molecule has 3 aromatic carbocycles. The quantitative estimate of drug-likeness (QED) is 0.298. The van der Waals surface area contributed by atoms with Gasteiger partial charge in [0.15, 0.2) is 0 Å². The number of fused-ring (bicyclic) bond motifs is 2. The molecule has 7 nitrogen and oxygen atoms in total. The molecule has 0 fully saturated rings. The summed E-state index contributed by atoms with van der Waals surface area (Å²) in [6.45, 7) is -0.319. The van der Waals surface area contributed by atoms with Crippen LogP contribution in [0.5, 0.6) is 17.2 Å². The van der Waals surface area contributed by atoms with Crippen molar-refractivity contribution in [2.45, 2.75) is 18.8 Å². The van der Waals surface area contributed by atoms with E-state index >= 15 is 0 Å². The van der Waals surface area contributed by atoms with Gasteiger partial charge in [0.2, 0.25) is 0 Å². The van der Waals surface area contributed by atoms with Crippen molar-refractivity contribution in [3.8, 4) is 17.2 Å². The third-order valence-electron chi connectivity index (χ3n) is 5.70. The fourth-order valence-electron chi connectivity index (χ4n) is 3.90. The van der Waals surface area contributed by atoms with Gasteiger partial charge in [-0.1, -0.05) is 41.4 Å². The third-order valence-corrected chi connectivity index (χ3v) is 6.17. The molecule has 2 N–H and O–H groups in total. The Bertz CT molecular complexity index is 1560. The number of alkyl halides is 3. The number of ether oxygens (including phenoxy) is 2. The van der Waals surface area contributed by atoms with Crippen molar-refractivity contribution in [3.63, 3.8) is 0 Å². The largest absolute Gasteiger partial charge is 0.486 e. The van der Waals surface area contributed by atoms with Crippen LogP contribution in [0, 0.1) is 0 Å². The molecule has 1 aliphatic rings. The second-order valence-electron chi connectivity index (χ2n) is 8.26. The Hall–Kier alpha value is -4.02. The predicted molar refractivity (Wildman–Crippen MR) is 133 cm³/mol. The highest BCUT2D eigenvalue weighted by atomic mass is 35.5. The minimum atomic E-state index is -4.52. The Morgan fingerprint density at radius 3 is 2.29 bits per heavy atom. The number of carbonyl (C=O) groups excluding carboxylic acids is 1. The lowest BCUT2D eigenvalue weighted by Crippen LogP contribution is -2.35. The van der Waals surface area contributed by atoms with Gasteiger partial charge in [-0.05, 0) is 42.5 Å². The fourth-order valence-corrected chi connectivity index (χ4v) is 4.23. The van der Waals surface area contributed by atoms with Gasteiger partial charge in [-0.15, -0.1) is 0 Å². The number of aromatic amines is 1. The van der Waals surface area contributed by atoms with Gasteiger partial charge < -0.3 is 19.8 Å². The summed E-state index contributed by atoms with van der Waals surface area (Å²) in [4.78, 5) is 32.2. The van der Waals surface area contributed by atoms with E-state index in [4.69, 9.17) is 32.7 Å². The van der Waals surface area contributed by atoms with Crippen molar-refractivity contribution in [2.24, 2.45) is 0 Å². The van der Waals surface area contributed by atoms with Gasteiger partial charge >= 0.3 is 6.18 Å². The number of benzene rings is 3. The van der Waals surface area contributed by atoms with Crippen LogP contribution in [0.2, 0.25) is 10.0 Å². The molecule has 4 aromatic rings. The molecule has 2 heterocycles. The number of carbonyl (C=O) groups is 1. The first-order valence-electron chi connectivity index (χ1n) is 11.0. The molecular weight excluding hydrogens is 546 g/mol. The topological polar surface area (TPSA) is 93.3 Å². The molecular formula is C26H16Cl2F3N3O4. The Morgan fingerprint density at radius 1 is 1.03 bits per heavy atom. The number of hydrogen-bond donors (Lipinski definition) is 2. The van der Waals surface area contributed by atoms with Crippen LogP contribution >= 0.6 is 23.2 Å². The third kappa shape index (κ3) is 5.32. The lowest BCUT2D eigenvalue weighted by molar-refractivity contribution is -0.137. The molecule has 1 aliphatic heterocycles. The van der Waals surface area contributed by atoms with Crippen LogP contribution < -0.4 is 20.3 Å². The van der Waals surface area contributed by atoms with Gasteiger partial charge in [0.05, 0.1) is 11.6 Å². The molecule has 0 aliphatic carbocycles. The summed E-state index contributed by atoms with van der Waals surface area (Å²) < 4.78 is 49.9. The first kappa shape index (κ1) is 25.6. The highest BCUT2D eigenvalue weighted by Gasteiger charge is 2.31. The van der Waals surface area contributed by atoms with Gasteiger partial charge in [-0.2, -0.15) is 13.2 Å². The summed E-state index contributed by atoms with van der Waals surface area (Å²) in [6.07, 6.45) is -3.45. The van der Waals surface area contributed by atoms with E-state index in [2.05, 4.69) is 15.3 Å². The summed E-state index contributed by atoms with van der Waals surface area (Å²) in [6, 6.07) is 13.5. The van der Waals surface area contributed by atoms with Crippen LogP contribution in [0.4, 0.5) is 13.2 Å². The number of aromatic nitrogens is 2. The van der Waals surface area contributed by atoms with Gasteiger partial charge in [0.1, 0.15) is 35.2 Å². The number of nitrogens with one attached hydrogen (secondary N) is 2. The van der Waals surface area contributed by atoms with E-state index < -0.39 is 29.2 Å². The number of amides is 1. The maximum absolute atomic E-state index is 13.1. The van der Waals surface area contributed by atoms with Crippen molar-refractivity contribution in [2.75, 3.05) is 0 Å². The summed E-state index contributed by atoms with van der Waals surface area (Å²) in [5.74, 6) is 0.104. The molecule has 0 spiro atoms. The first-order chi connectivity index (χ1) is 18.1. The van der Waals surface area contributed by atoms with E-state index in [1.54, 1.807) is 36.4 Å². The van der Waals surface area contributed by atoms with Gasteiger partial charge in [0.25, 0.3) is 11.5 Å². The van der Waals surface area contributed by atoms with E-state index in [0.717, 1.165) is 18.3 Å². The molecule has 0 bridgehead atoms. The molecule has 0 unspecified atom stereocenters. The van der Waals surface area contributed by atoms with Crippen LogP contribution in [0.15, 0.2) is 71.7 Å². The molecule has 12 heteroatoms. The molecule has 0 atom stereocenters. The molecule has 194 valence electrons. The van der Waals surface area contributed by atoms with E-state index in [0.29, 0.717) is 32.7 Å². The summed E-state index contributed by atoms with van der Waals surface area (Å²) in [5, 5.41) is 3.69. The Balaban J connectivity index is 1.35. The zero-order valence-electron chi connectivity index (χ0n) is 19.1. The Morgan fingerprint density at radius 2 is 1.68 bits per heavy atom. The van der Waals surface area contributed by atoms with Crippen LogP contribution in [-0.4, -0.2) is 15.9 Å². The van der Waals surface area contributed by atoms with Crippen LogP contribution in [0.3, 0.4) is 0 Å². The summed E-state index contributed by atoms with van der Waals surface area (Å²) >= 11 is 12.2. The molecule has 5 rings (SSSR count). The van der Waals surface area contributed by atoms with Crippen LogP contribution in [0.25, 0.3) is 0 Å². The van der Waals surface area contributed by atoms with E-state index in [1.807, 2.05) is 0 Å².